The van der Waals surface area contributed by atoms with Crippen molar-refractivity contribution in [1.82, 2.24) is 19.5 Å². The van der Waals surface area contributed by atoms with E-state index in [9.17, 15) is 15.0 Å². The summed E-state index contributed by atoms with van der Waals surface area (Å²) in [5.41, 5.74) is 6.47. The molecule has 5 atom stereocenters. The van der Waals surface area contributed by atoms with E-state index < -0.39 is 36.6 Å². The van der Waals surface area contributed by atoms with Gasteiger partial charge < -0.3 is 31.1 Å². The van der Waals surface area contributed by atoms with Gasteiger partial charge in [0.1, 0.15) is 30.1 Å². The minimum absolute atomic E-state index is 0.310. The third kappa shape index (κ3) is 3.99. The second kappa shape index (κ2) is 8.35. The second-order valence-electron chi connectivity index (χ2n) is 6.15. The van der Waals surface area contributed by atoms with Crippen molar-refractivity contribution in [2.24, 2.45) is 5.73 Å². The maximum atomic E-state index is 10.7. The van der Waals surface area contributed by atoms with Gasteiger partial charge in [0.2, 0.25) is 0 Å². The minimum atomic E-state index is -1.15. The summed E-state index contributed by atoms with van der Waals surface area (Å²) in [6.07, 6.45) is -0.507. The highest BCUT2D eigenvalue weighted by atomic mass is 32.2. The van der Waals surface area contributed by atoms with E-state index >= 15 is 0 Å². The molecule has 1 aliphatic heterocycles. The first-order valence-electron chi connectivity index (χ1n) is 8.37. The molecule has 3 rings (SSSR count). The number of aliphatic hydroxyl groups excluding tert-OH is 2. The number of anilines is 1. The van der Waals surface area contributed by atoms with Gasteiger partial charge >= 0.3 is 5.97 Å². The van der Waals surface area contributed by atoms with Crippen molar-refractivity contribution >= 4 is 34.7 Å². The van der Waals surface area contributed by atoms with Crippen LogP contribution in [0.15, 0.2) is 12.7 Å². The molecule has 0 aliphatic carbocycles. The van der Waals surface area contributed by atoms with Gasteiger partial charge in [-0.15, -0.1) is 0 Å². The highest BCUT2D eigenvalue weighted by Gasteiger charge is 2.44. The number of nitrogens with two attached hydrogens (primary N) is 1. The molecule has 0 saturated carbocycles. The van der Waals surface area contributed by atoms with E-state index in [-0.39, 0.29) is 0 Å². The first-order valence-corrected chi connectivity index (χ1v) is 9.52. The number of nitrogens with one attached hydrogen (secondary N) is 1. The van der Waals surface area contributed by atoms with Gasteiger partial charge in [-0.3, -0.25) is 9.36 Å². The van der Waals surface area contributed by atoms with E-state index in [1.165, 1.54) is 24.4 Å². The molecule has 0 unspecified atom stereocenters. The van der Waals surface area contributed by atoms with Crippen molar-refractivity contribution in [1.29, 1.82) is 0 Å². The fraction of sp³-hybridized carbons (Fsp3) is 0.600. The van der Waals surface area contributed by atoms with E-state index in [4.69, 9.17) is 15.6 Å². The fourth-order valence-corrected chi connectivity index (χ4v) is 3.95. The molecule has 1 saturated heterocycles. The number of ether oxygens (including phenoxy) is 1. The number of hydrogen-bond donors (Lipinski definition) is 5. The number of hydrogen-bond acceptors (Lipinski definition) is 10. The van der Waals surface area contributed by atoms with Gasteiger partial charge in [-0.2, -0.15) is 11.8 Å². The molecule has 0 aromatic carbocycles. The molecule has 0 spiro atoms. The lowest BCUT2D eigenvalue weighted by atomic mass is 10.1. The summed E-state index contributed by atoms with van der Waals surface area (Å²) in [6, 6.07) is -0.913. The molecule has 6 N–H and O–H groups in total. The number of fused-ring (bicyclic) bond motifs is 1. The first kappa shape index (κ1) is 19.8. The number of nitrogens with zero attached hydrogens (tertiary/aromatic N) is 4. The molecule has 0 radical (unpaired) electrons. The third-order valence-corrected chi connectivity index (χ3v) is 5.47. The SMILES string of the molecule is CNc1ncnc2c1ncn2[C@@H]1O[C@H](CSCC[C@@H](N)C(=O)O)[C@@H](O)[C@H]1O. The van der Waals surface area contributed by atoms with Crippen LogP contribution in [0, 0.1) is 0 Å². The number of rotatable bonds is 8. The Morgan fingerprint density at radius 2 is 2.19 bits per heavy atom. The fourth-order valence-electron chi connectivity index (χ4n) is 2.85. The molecule has 2 aromatic rings. The van der Waals surface area contributed by atoms with Crippen LogP contribution in [-0.2, 0) is 9.53 Å². The summed E-state index contributed by atoms with van der Waals surface area (Å²) >= 11 is 1.41. The van der Waals surface area contributed by atoms with Crippen LogP contribution in [0.3, 0.4) is 0 Å². The molecule has 27 heavy (non-hydrogen) atoms. The zero-order valence-corrected chi connectivity index (χ0v) is 15.4. The molecule has 3 heterocycles. The minimum Gasteiger partial charge on any atom is -0.480 e. The normalized spacial score (nSPS) is 26.4. The van der Waals surface area contributed by atoms with E-state index in [0.29, 0.717) is 34.9 Å². The Hall–Kier alpha value is -1.99. The second-order valence-corrected chi connectivity index (χ2v) is 7.30. The highest BCUT2D eigenvalue weighted by molar-refractivity contribution is 7.99. The molecule has 12 heteroatoms. The van der Waals surface area contributed by atoms with Crippen LogP contribution in [0.4, 0.5) is 5.82 Å². The summed E-state index contributed by atoms with van der Waals surface area (Å²) in [4.78, 5) is 23.3. The molecule has 1 fully saturated rings. The molecular weight excluding hydrogens is 376 g/mol. The average molecular weight is 398 g/mol. The number of aromatic nitrogens is 4. The predicted octanol–water partition coefficient (Wildman–Crippen LogP) is -0.978. The smallest absolute Gasteiger partial charge is 0.320 e. The Kier molecular flexibility index (Phi) is 6.11. The lowest BCUT2D eigenvalue weighted by Gasteiger charge is -2.16. The maximum absolute atomic E-state index is 10.7. The van der Waals surface area contributed by atoms with Crippen LogP contribution >= 0.6 is 11.8 Å². The van der Waals surface area contributed by atoms with Crippen molar-refractivity contribution in [2.45, 2.75) is 37.0 Å². The van der Waals surface area contributed by atoms with Gasteiger partial charge in [0.05, 0.1) is 12.4 Å². The number of aliphatic hydroxyl groups is 2. The number of imidazole rings is 1. The van der Waals surface area contributed by atoms with Crippen molar-refractivity contribution in [2.75, 3.05) is 23.9 Å². The number of carbonyl (C=O) groups is 1. The number of carboxylic acid groups (broad SMARTS) is 1. The Labute approximate surface area is 159 Å². The number of carboxylic acids is 1. The van der Waals surface area contributed by atoms with Crippen molar-refractivity contribution in [3.63, 3.8) is 0 Å². The largest absolute Gasteiger partial charge is 0.480 e. The standard InChI is InChI=1S/C15H22N6O5S/c1-17-12-9-13(19-5-18-12)21(6-20-9)14-11(23)10(22)8(26-14)4-27-3-2-7(16)15(24)25/h5-8,10-11,14,22-23H,2-4,16H2,1H3,(H,24,25)(H,17,18,19)/t7-,8-,10-,11-,14-/m1/s1. The third-order valence-electron chi connectivity index (χ3n) is 4.38. The number of aliphatic carboxylic acids is 1. The summed E-state index contributed by atoms with van der Waals surface area (Å²) in [7, 11) is 1.72. The molecule has 0 amide bonds. The molecule has 2 aromatic heterocycles. The summed E-state index contributed by atoms with van der Waals surface area (Å²) in [5.74, 6) is 0.407. The Morgan fingerprint density at radius 1 is 1.41 bits per heavy atom. The summed E-state index contributed by atoms with van der Waals surface area (Å²) in [5, 5.41) is 32.4. The summed E-state index contributed by atoms with van der Waals surface area (Å²) < 4.78 is 7.41. The Morgan fingerprint density at radius 3 is 2.89 bits per heavy atom. The molecule has 148 valence electrons. The molecule has 0 bridgehead atoms. The van der Waals surface area contributed by atoms with Crippen LogP contribution in [0.25, 0.3) is 11.2 Å². The van der Waals surface area contributed by atoms with Crippen molar-refractivity contribution < 1.29 is 24.9 Å². The lowest BCUT2D eigenvalue weighted by Crippen LogP contribution is -2.33. The maximum Gasteiger partial charge on any atom is 0.320 e. The van der Waals surface area contributed by atoms with Crippen LogP contribution in [0.5, 0.6) is 0 Å². The zero-order valence-electron chi connectivity index (χ0n) is 14.6. The first-order chi connectivity index (χ1) is 12.9. The lowest BCUT2D eigenvalue weighted by molar-refractivity contribution is -0.138. The van der Waals surface area contributed by atoms with E-state index in [1.54, 1.807) is 11.6 Å². The van der Waals surface area contributed by atoms with Crippen LogP contribution in [0.2, 0.25) is 0 Å². The predicted molar refractivity (Wildman–Crippen MR) is 98.3 cm³/mol. The van der Waals surface area contributed by atoms with E-state index in [0.717, 1.165) is 0 Å². The van der Waals surface area contributed by atoms with Gasteiger partial charge in [-0.25, -0.2) is 15.0 Å². The van der Waals surface area contributed by atoms with Gasteiger partial charge in [0, 0.05) is 12.8 Å². The van der Waals surface area contributed by atoms with Gasteiger partial charge in [-0.05, 0) is 12.2 Å². The molecule has 11 nitrogen and oxygen atoms in total. The van der Waals surface area contributed by atoms with Gasteiger partial charge in [0.15, 0.2) is 17.7 Å². The zero-order chi connectivity index (χ0) is 19.6. The Bertz CT molecular complexity index is 804. The van der Waals surface area contributed by atoms with Crippen LogP contribution in [0.1, 0.15) is 12.6 Å². The number of thioether (sulfide) groups is 1. The van der Waals surface area contributed by atoms with Crippen molar-refractivity contribution in [3.8, 4) is 0 Å². The average Bonchev–Trinajstić information content (AvgIpc) is 3.20. The quantitative estimate of drug-likeness (QED) is 0.347. The Balaban J connectivity index is 1.66. The van der Waals surface area contributed by atoms with Gasteiger partial charge in [0.25, 0.3) is 0 Å². The van der Waals surface area contributed by atoms with E-state index in [1.807, 2.05) is 0 Å². The molecular formula is C15H22N6O5S. The van der Waals surface area contributed by atoms with E-state index in [2.05, 4.69) is 20.3 Å². The summed E-state index contributed by atoms with van der Waals surface area (Å²) in [6.45, 7) is 0. The molecule has 1 aliphatic rings. The van der Waals surface area contributed by atoms with Crippen LogP contribution in [-0.4, -0.2) is 83.7 Å². The monoisotopic (exact) mass is 398 g/mol. The van der Waals surface area contributed by atoms with Gasteiger partial charge in [-0.1, -0.05) is 0 Å². The topological polar surface area (TPSA) is 169 Å². The van der Waals surface area contributed by atoms with Crippen molar-refractivity contribution in [3.05, 3.63) is 12.7 Å². The van der Waals surface area contributed by atoms with Crippen LogP contribution < -0.4 is 11.1 Å². The highest BCUT2D eigenvalue weighted by Crippen LogP contribution is 2.33.